The predicted octanol–water partition coefficient (Wildman–Crippen LogP) is 3.11. The molecule has 0 bridgehead atoms. The van der Waals surface area contributed by atoms with Crippen molar-refractivity contribution in [3.8, 4) is 0 Å². The molecular weight excluding hydrogens is 158 g/mol. The summed E-state index contributed by atoms with van der Waals surface area (Å²) in [5.41, 5.74) is 6.24. The van der Waals surface area contributed by atoms with Gasteiger partial charge in [-0.05, 0) is 37.5 Å². The van der Waals surface area contributed by atoms with Gasteiger partial charge in [0.25, 0.3) is 0 Å². The highest BCUT2D eigenvalue weighted by atomic mass is 14.6. The highest BCUT2D eigenvalue weighted by Crippen LogP contribution is 2.38. The molecule has 1 heteroatoms. The lowest BCUT2D eigenvalue weighted by Gasteiger charge is -2.33. The van der Waals surface area contributed by atoms with Crippen molar-refractivity contribution in [3.05, 3.63) is 12.2 Å². The number of allylic oxidation sites excluding steroid dienone is 1. The van der Waals surface area contributed by atoms with Gasteiger partial charge in [0.05, 0.1) is 0 Å². The second-order valence-corrected chi connectivity index (χ2v) is 5.26. The molecule has 0 aromatic heterocycles. The maximum absolute atomic E-state index is 5.69. The Morgan fingerprint density at radius 3 is 2.69 bits per heavy atom. The van der Waals surface area contributed by atoms with Gasteiger partial charge >= 0.3 is 0 Å². The first-order valence-electron chi connectivity index (χ1n) is 5.43. The summed E-state index contributed by atoms with van der Waals surface area (Å²) >= 11 is 0. The van der Waals surface area contributed by atoms with Crippen LogP contribution in [-0.2, 0) is 0 Å². The van der Waals surface area contributed by atoms with Crippen LogP contribution >= 0.6 is 0 Å². The van der Waals surface area contributed by atoms with E-state index in [2.05, 4.69) is 26.0 Å². The fraction of sp³-hybridized carbons (Fsp3) is 0.833. The van der Waals surface area contributed by atoms with Crippen LogP contribution in [0.1, 0.15) is 46.5 Å². The second-order valence-electron chi connectivity index (χ2n) is 5.26. The van der Waals surface area contributed by atoms with Crippen LogP contribution in [-0.4, -0.2) is 6.04 Å². The largest absolute Gasteiger partial charge is 0.325 e. The van der Waals surface area contributed by atoms with Crippen LogP contribution in [0.3, 0.4) is 0 Å². The summed E-state index contributed by atoms with van der Waals surface area (Å²) in [5, 5.41) is 0. The molecule has 2 atom stereocenters. The van der Waals surface area contributed by atoms with Crippen LogP contribution < -0.4 is 5.73 Å². The van der Waals surface area contributed by atoms with Gasteiger partial charge in [0.1, 0.15) is 0 Å². The fourth-order valence-corrected chi connectivity index (χ4v) is 2.25. The van der Waals surface area contributed by atoms with Crippen molar-refractivity contribution < 1.29 is 0 Å². The highest BCUT2D eigenvalue weighted by molar-refractivity contribution is 4.96. The summed E-state index contributed by atoms with van der Waals surface area (Å²) in [6, 6.07) is 0.213. The van der Waals surface area contributed by atoms with Crippen LogP contribution in [0.2, 0.25) is 0 Å². The van der Waals surface area contributed by atoms with Crippen molar-refractivity contribution in [1.29, 1.82) is 0 Å². The molecule has 1 fully saturated rings. The van der Waals surface area contributed by atoms with Crippen LogP contribution in [0.25, 0.3) is 0 Å². The topological polar surface area (TPSA) is 26.0 Å². The van der Waals surface area contributed by atoms with Gasteiger partial charge in [0, 0.05) is 6.04 Å². The maximum atomic E-state index is 5.69. The van der Waals surface area contributed by atoms with Gasteiger partial charge in [-0.3, -0.25) is 0 Å². The molecule has 0 heterocycles. The van der Waals surface area contributed by atoms with E-state index >= 15 is 0 Å². The van der Waals surface area contributed by atoms with E-state index in [4.69, 9.17) is 5.73 Å². The Bertz CT molecular complexity index is 180. The van der Waals surface area contributed by atoms with Crippen molar-refractivity contribution in [3.63, 3.8) is 0 Å². The smallest absolute Gasteiger partial charge is 0.0194 e. The molecule has 1 aliphatic carbocycles. The van der Waals surface area contributed by atoms with Crippen LogP contribution in [0, 0.1) is 11.3 Å². The van der Waals surface area contributed by atoms with Crippen molar-refractivity contribution in [1.82, 2.24) is 0 Å². The average Bonchev–Trinajstić information content (AvgIpc) is 1.99. The van der Waals surface area contributed by atoms with E-state index in [9.17, 15) is 0 Å². The third-order valence-electron chi connectivity index (χ3n) is 2.93. The van der Waals surface area contributed by atoms with E-state index in [1.165, 1.54) is 25.7 Å². The zero-order valence-electron chi connectivity index (χ0n) is 9.22. The molecule has 1 saturated carbocycles. The van der Waals surface area contributed by atoms with E-state index in [0.717, 1.165) is 5.92 Å². The monoisotopic (exact) mass is 181 g/mol. The minimum Gasteiger partial charge on any atom is -0.325 e. The molecule has 0 radical (unpaired) electrons. The Labute approximate surface area is 82.4 Å². The summed E-state index contributed by atoms with van der Waals surface area (Å²) in [6.45, 7) is 6.78. The van der Waals surface area contributed by atoms with E-state index < -0.39 is 0 Å². The predicted molar refractivity (Wildman–Crippen MR) is 58.5 cm³/mol. The highest BCUT2D eigenvalue weighted by Gasteiger charge is 2.26. The number of nitrogens with two attached hydrogens (primary N) is 1. The van der Waals surface area contributed by atoms with Gasteiger partial charge in [-0.25, -0.2) is 0 Å². The Morgan fingerprint density at radius 1 is 1.46 bits per heavy atom. The minimum atomic E-state index is 0.213. The molecule has 1 rings (SSSR count). The van der Waals surface area contributed by atoms with Crippen molar-refractivity contribution in [2.75, 3.05) is 0 Å². The van der Waals surface area contributed by atoms with Gasteiger partial charge < -0.3 is 5.73 Å². The number of hydrogen-bond donors (Lipinski definition) is 1. The molecule has 2 unspecified atom stereocenters. The van der Waals surface area contributed by atoms with E-state index in [1.54, 1.807) is 0 Å². The summed E-state index contributed by atoms with van der Waals surface area (Å²) in [6.07, 6.45) is 9.91. The lowest BCUT2D eigenvalue weighted by Crippen LogP contribution is -2.22. The van der Waals surface area contributed by atoms with Gasteiger partial charge in [0.15, 0.2) is 0 Å². The maximum Gasteiger partial charge on any atom is 0.0194 e. The lowest BCUT2D eigenvalue weighted by atomic mass is 9.72. The molecular formula is C12H23N. The van der Waals surface area contributed by atoms with Crippen LogP contribution in [0.5, 0.6) is 0 Å². The molecule has 76 valence electrons. The lowest BCUT2D eigenvalue weighted by molar-refractivity contribution is 0.206. The van der Waals surface area contributed by atoms with E-state index in [0.29, 0.717) is 5.41 Å². The van der Waals surface area contributed by atoms with Crippen molar-refractivity contribution in [2.45, 2.75) is 52.5 Å². The molecule has 1 aliphatic rings. The fourth-order valence-electron chi connectivity index (χ4n) is 2.25. The Morgan fingerprint density at radius 2 is 2.15 bits per heavy atom. The van der Waals surface area contributed by atoms with Crippen LogP contribution in [0.15, 0.2) is 12.2 Å². The van der Waals surface area contributed by atoms with E-state index in [-0.39, 0.29) is 6.04 Å². The molecule has 0 spiro atoms. The molecule has 0 aromatic rings. The Balaban J connectivity index is 2.43. The third-order valence-corrected chi connectivity index (χ3v) is 2.93. The Hall–Kier alpha value is -0.300. The van der Waals surface area contributed by atoms with Gasteiger partial charge in [0.2, 0.25) is 0 Å². The normalized spacial score (nSPS) is 30.6. The van der Waals surface area contributed by atoms with Gasteiger partial charge in [-0.15, -0.1) is 0 Å². The zero-order chi connectivity index (χ0) is 9.90. The average molecular weight is 181 g/mol. The number of hydrogen-bond acceptors (Lipinski definition) is 1. The number of rotatable bonds is 2. The molecule has 0 amide bonds. The van der Waals surface area contributed by atoms with E-state index in [1.807, 2.05) is 6.92 Å². The quantitative estimate of drug-likeness (QED) is 0.651. The summed E-state index contributed by atoms with van der Waals surface area (Å²) < 4.78 is 0. The molecule has 0 aliphatic heterocycles. The second kappa shape index (κ2) is 4.28. The summed E-state index contributed by atoms with van der Waals surface area (Å²) in [5.74, 6) is 0.773. The van der Waals surface area contributed by atoms with Gasteiger partial charge in [-0.2, -0.15) is 0 Å². The Kier molecular flexibility index (Phi) is 3.55. The molecule has 13 heavy (non-hydrogen) atoms. The van der Waals surface area contributed by atoms with Crippen LogP contribution in [0.4, 0.5) is 0 Å². The summed E-state index contributed by atoms with van der Waals surface area (Å²) in [4.78, 5) is 0. The minimum absolute atomic E-state index is 0.213. The molecule has 0 aromatic carbocycles. The first-order chi connectivity index (χ1) is 5.99. The molecule has 2 N–H and O–H groups in total. The third kappa shape index (κ3) is 3.95. The van der Waals surface area contributed by atoms with Gasteiger partial charge in [-0.1, -0.05) is 32.4 Å². The molecule has 1 nitrogen and oxygen atoms in total. The van der Waals surface area contributed by atoms with Crippen molar-refractivity contribution in [2.24, 2.45) is 17.1 Å². The summed E-state index contributed by atoms with van der Waals surface area (Å²) in [7, 11) is 0. The zero-order valence-corrected chi connectivity index (χ0v) is 9.22. The first kappa shape index (κ1) is 10.8. The molecule has 0 saturated heterocycles. The first-order valence-corrected chi connectivity index (χ1v) is 5.43. The standard InChI is InChI=1S/C12H23N/c1-10(13)6-7-11-5-4-8-12(2,3)9-11/h6-7,10-11H,4-5,8-9,13H2,1-3H3/b7-6+. The SMILES string of the molecule is CC(N)/C=C/C1CCCC(C)(C)C1. The van der Waals surface area contributed by atoms with Crippen molar-refractivity contribution >= 4 is 0 Å².